The van der Waals surface area contributed by atoms with Gasteiger partial charge >= 0.3 is 0 Å². The third kappa shape index (κ3) is 5.92. The Labute approximate surface area is 173 Å². The molecule has 0 fully saturated rings. The molecule has 1 amide bonds. The van der Waals surface area contributed by atoms with E-state index in [4.69, 9.17) is 9.47 Å². The van der Waals surface area contributed by atoms with Gasteiger partial charge in [-0.1, -0.05) is 29.5 Å². The Bertz CT molecular complexity index is 983. The summed E-state index contributed by atoms with van der Waals surface area (Å²) in [5.41, 5.74) is 3.69. The Kier molecular flexibility index (Phi) is 7.02. The van der Waals surface area contributed by atoms with E-state index in [0.717, 1.165) is 22.5 Å². The second-order valence-electron chi connectivity index (χ2n) is 6.30. The second kappa shape index (κ2) is 9.88. The van der Waals surface area contributed by atoms with Crippen LogP contribution >= 0.6 is 11.8 Å². The maximum Gasteiger partial charge on any atom is 0.262 e. The van der Waals surface area contributed by atoms with Crippen molar-refractivity contribution in [3.8, 4) is 11.5 Å². The summed E-state index contributed by atoms with van der Waals surface area (Å²) in [6.45, 7) is 3.83. The maximum absolute atomic E-state index is 12.3. The van der Waals surface area contributed by atoms with Gasteiger partial charge in [-0.05, 0) is 31.5 Å². The number of carbonyl (C=O) groups excluding carboxylic acids is 1. The third-order valence-corrected chi connectivity index (χ3v) is 4.92. The van der Waals surface area contributed by atoms with Crippen LogP contribution in [0.5, 0.6) is 11.5 Å². The lowest BCUT2D eigenvalue weighted by Gasteiger charge is -2.13. The third-order valence-electron chi connectivity index (χ3n) is 4.01. The van der Waals surface area contributed by atoms with Crippen molar-refractivity contribution in [3.63, 3.8) is 0 Å². The van der Waals surface area contributed by atoms with Gasteiger partial charge in [0.1, 0.15) is 0 Å². The average molecular weight is 410 g/mol. The molecular formula is C21H22N4O3S. The zero-order chi connectivity index (χ0) is 20.6. The summed E-state index contributed by atoms with van der Waals surface area (Å²) in [4.78, 5) is 25.0. The van der Waals surface area contributed by atoms with Gasteiger partial charge in [0.15, 0.2) is 23.3 Å². The van der Waals surface area contributed by atoms with Crippen molar-refractivity contribution in [2.45, 2.75) is 24.8 Å². The molecule has 0 aliphatic rings. The molecule has 29 heavy (non-hydrogen) atoms. The number of pyridine rings is 1. The molecule has 0 spiro atoms. The summed E-state index contributed by atoms with van der Waals surface area (Å²) in [5, 5.41) is 3.53. The van der Waals surface area contributed by atoms with E-state index in [1.54, 1.807) is 30.7 Å². The zero-order valence-corrected chi connectivity index (χ0v) is 17.3. The molecule has 0 aliphatic carbocycles. The molecule has 0 bridgehead atoms. The topological polar surface area (TPSA) is 86.2 Å². The van der Waals surface area contributed by atoms with E-state index in [-0.39, 0.29) is 12.5 Å². The highest BCUT2D eigenvalue weighted by molar-refractivity contribution is 7.98. The molecule has 0 atom stereocenters. The van der Waals surface area contributed by atoms with Gasteiger partial charge in [0.2, 0.25) is 0 Å². The van der Waals surface area contributed by atoms with Gasteiger partial charge in [0.25, 0.3) is 5.91 Å². The minimum absolute atomic E-state index is 0.137. The van der Waals surface area contributed by atoms with Gasteiger partial charge in [-0.25, -0.2) is 9.97 Å². The second-order valence-corrected chi connectivity index (χ2v) is 7.24. The van der Waals surface area contributed by atoms with Gasteiger partial charge in [0, 0.05) is 29.9 Å². The van der Waals surface area contributed by atoms with Gasteiger partial charge in [0.05, 0.1) is 19.0 Å². The fourth-order valence-electron chi connectivity index (χ4n) is 2.59. The number of aryl methyl sites for hydroxylation is 2. The zero-order valence-electron chi connectivity index (χ0n) is 16.5. The molecule has 0 unspecified atom stereocenters. The lowest BCUT2D eigenvalue weighted by atomic mass is 10.1. The van der Waals surface area contributed by atoms with Crippen molar-refractivity contribution in [2.75, 3.05) is 19.0 Å². The number of methoxy groups -OCH3 is 1. The number of anilines is 1. The molecule has 3 rings (SSSR count). The van der Waals surface area contributed by atoms with E-state index in [0.29, 0.717) is 22.4 Å². The van der Waals surface area contributed by atoms with Gasteiger partial charge in [-0.15, -0.1) is 0 Å². The number of nitrogens with one attached hydrogen (secondary N) is 1. The molecule has 2 aromatic heterocycles. The predicted molar refractivity (Wildman–Crippen MR) is 112 cm³/mol. The monoisotopic (exact) mass is 410 g/mol. The molecule has 0 radical (unpaired) electrons. The fourth-order valence-corrected chi connectivity index (χ4v) is 3.30. The van der Waals surface area contributed by atoms with Crippen LogP contribution < -0.4 is 14.8 Å². The molecule has 3 aromatic rings. The number of benzene rings is 1. The molecule has 1 aromatic carbocycles. The molecule has 0 aliphatic heterocycles. The van der Waals surface area contributed by atoms with Crippen molar-refractivity contribution < 1.29 is 14.3 Å². The Balaban J connectivity index is 1.62. The van der Waals surface area contributed by atoms with Crippen LogP contribution in [-0.2, 0) is 10.5 Å². The lowest BCUT2D eigenvalue weighted by Crippen LogP contribution is -2.21. The first-order valence-electron chi connectivity index (χ1n) is 8.98. The molecule has 1 N–H and O–H groups in total. The normalized spacial score (nSPS) is 10.4. The molecule has 2 heterocycles. The Hall–Kier alpha value is -3.13. The first-order chi connectivity index (χ1) is 14.0. The highest BCUT2D eigenvalue weighted by Gasteiger charge is 2.11. The van der Waals surface area contributed by atoms with Crippen LogP contribution in [0.15, 0.2) is 54.1 Å². The van der Waals surface area contributed by atoms with Crippen LogP contribution in [0.2, 0.25) is 0 Å². The quantitative estimate of drug-likeness (QED) is 0.446. The van der Waals surface area contributed by atoms with E-state index in [9.17, 15) is 4.79 Å². The number of amides is 1. The number of ether oxygens (including phenoxy) is 2. The van der Waals surface area contributed by atoms with Crippen LogP contribution in [0.3, 0.4) is 0 Å². The van der Waals surface area contributed by atoms with Crippen molar-refractivity contribution in [3.05, 3.63) is 65.7 Å². The molecule has 0 saturated heterocycles. The number of thioether (sulfide) groups is 1. The summed E-state index contributed by atoms with van der Waals surface area (Å²) in [5.74, 6) is 1.25. The van der Waals surface area contributed by atoms with Crippen molar-refractivity contribution >= 4 is 23.4 Å². The Morgan fingerprint density at radius 2 is 1.90 bits per heavy atom. The minimum atomic E-state index is -0.246. The van der Waals surface area contributed by atoms with E-state index in [2.05, 4.69) is 20.3 Å². The largest absolute Gasteiger partial charge is 0.491 e. The molecular weight excluding hydrogens is 388 g/mol. The number of hydrogen-bond acceptors (Lipinski definition) is 7. The Morgan fingerprint density at radius 3 is 2.62 bits per heavy atom. The molecule has 8 heteroatoms. The van der Waals surface area contributed by atoms with E-state index in [1.165, 1.54) is 18.9 Å². The summed E-state index contributed by atoms with van der Waals surface area (Å²) in [6.07, 6.45) is 4.97. The van der Waals surface area contributed by atoms with Crippen LogP contribution in [0.1, 0.15) is 16.8 Å². The van der Waals surface area contributed by atoms with Crippen LogP contribution in [0.4, 0.5) is 5.69 Å². The summed E-state index contributed by atoms with van der Waals surface area (Å²) < 4.78 is 11.0. The standard InChI is InChI=1S/C21H22N4O3S/c1-14-5-6-17(15(2)9-14)25-20(26)12-28-18-10-16(24-11-19(18)27-3)13-29-21-22-7-4-8-23-21/h4-11H,12-13H2,1-3H3,(H,25,26). The average Bonchev–Trinajstić information content (AvgIpc) is 2.73. The first-order valence-corrected chi connectivity index (χ1v) is 9.96. The maximum atomic E-state index is 12.3. The van der Waals surface area contributed by atoms with Crippen molar-refractivity contribution in [1.29, 1.82) is 0 Å². The number of aromatic nitrogens is 3. The predicted octanol–water partition coefficient (Wildman–Crippen LogP) is 3.81. The van der Waals surface area contributed by atoms with Crippen LogP contribution in [-0.4, -0.2) is 34.6 Å². The molecule has 7 nitrogen and oxygen atoms in total. The summed E-state index contributed by atoms with van der Waals surface area (Å²) >= 11 is 1.46. The van der Waals surface area contributed by atoms with Crippen LogP contribution in [0.25, 0.3) is 0 Å². The lowest BCUT2D eigenvalue weighted by molar-refractivity contribution is -0.118. The highest BCUT2D eigenvalue weighted by atomic mass is 32.2. The van der Waals surface area contributed by atoms with E-state index in [1.807, 2.05) is 32.0 Å². The smallest absolute Gasteiger partial charge is 0.262 e. The fraction of sp³-hybridized carbons (Fsp3) is 0.238. The van der Waals surface area contributed by atoms with Gasteiger partial charge < -0.3 is 14.8 Å². The van der Waals surface area contributed by atoms with E-state index >= 15 is 0 Å². The van der Waals surface area contributed by atoms with Gasteiger partial charge in [-0.2, -0.15) is 0 Å². The molecule has 150 valence electrons. The summed E-state index contributed by atoms with van der Waals surface area (Å²) in [7, 11) is 1.53. The summed E-state index contributed by atoms with van der Waals surface area (Å²) in [6, 6.07) is 9.39. The van der Waals surface area contributed by atoms with Crippen LogP contribution in [0, 0.1) is 13.8 Å². The first kappa shape index (κ1) is 20.6. The SMILES string of the molecule is COc1cnc(CSc2ncccn2)cc1OCC(=O)Nc1ccc(C)cc1C. The number of rotatable bonds is 8. The van der Waals surface area contributed by atoms with Gasteiger partial charge in [-0.3, -0.25) is 9.78 Å². The number of hydrogen-bond donors (Lipinski definition) is 1. The van der Waals surface area contributed by atoms with Crippen molar-refractivity contribution in [1.82, 2.24) is 15.0 Å². The highest BCUT2D eigenvalue weighted by Crippen LogP contribution is 2.28. The Morgan fingerprint density at radius 1 is 1.10 bits per heavy atom. The minimum Gasteiger partial charge on any atom is -0.491 e. The molecule has 0 saturated carbocycles. The number of nitrogens with zero attached hydrogens (tertiary/aromatic N) is 3. The van der Waals surface area contributed by atoms with Crippen molar-refractivity contribution in [2.24, 2.45) is 0 Å². The van der Waals surface area contributed by atoms with E-state index < -0.39 is 0 Å². The number of carbonyl (C=O) groups is 1.